The van der Waals surface area contributed by atoms with Crippen molar-refractivity contribution in [2.45, 2.75) is 65.1 Å². The van der Waals surface area contributed by atoms with Gasteiger partial charge in [0.25, 0.3) is 0 Å². The first-order valence-corrected chi connectivity index (χ1v) is 8.44. The first-order chi connectivity index (χ1) is 9.98. The van der Waals surface area contributed by atoms with Crippen LogP contribution in [-0.2, 0) is 13.6 Å². The molecular formula is C17H32N4. The Morgan fingerprint density at radius 3 is 2.62 bits per heavy atom. The Balaban J connectivity index is 2.12. The smallest absolute Gasteiger partial charge is 0.0534 e. The maximum Gasteiger partial charge on any atom is 0.0534 e. The lowest BCUT2D eigenvalue weighted by molar-refractivity contribution is 0.0561. The molecule has 2 rings (SSSR count). The normalized spacial score (nSPS) is 22.9. The minimum atomic E-state index is 0.287. The Hall–Kier alpha value is -0.870. The second-order valence-corrected chi connectivity index (χ2v) is 7.08. The summed E-state index contributed by atoms with van der Waals surface area (Å²) in [7, 11) is 2.00. The lowest BCUT2D eigenvalue weighted by Crippen LogP contribution is -2.63. The summed E-state index contributed by atoms with van der Waals surface area (Å²) in [6, 6.07) is 0.636. The van der Waals surface area contributed by atoms with Crippen molar-refractivity contribution < 1.29 is 0 Å². The molecule has 0 aromatic carbocycles. The van der Waals surface area contributed by atoms with Gasteiger partial charge in [0.2, 0.25) is 0 Å². The molecule has 0 amide bonds. The fourth-order valence-electron chi connectivity index (χ4n) is 3.51. The molecule has 2 heterocycles. The zero-order valence-corrected chi connectivity index (χ0v) is 14.4. The largest absolute Gasteiger partial charge is 0.308 e. The summed E-state index contributed by atoms with van der Waals surface area (Å²) >= 11 is 0. The van der Waals surface area contributed by atoms with E-state index in [0.29, 0.717) is 6.04 Å². The molecule has 21 heavy (non-hydrogen) atoms. The highest BCUT2D eigenvalue weighted by molar-refractivity contribution is 5.06. The van der Waals surface area contributed by atoms with Crippen LogP contribution in [-0.4, -0.2) is 39.4 Å². The van der Waals surface area contributed by atoms with E-state index in [1.807, 2.05) is 17.9 Å². The van der Waals surface area contributed by atoms with Crippen LogP contribution in [0.5, 0.6) is 0 Å². The van der Waals surface area contributed by atoms with E-state index < -0.39 is 0 Å². The summed E-state index contributed by atoms with van der Waals surface area (Å²) in [4.78, 5) is 2.68. The average Bonchev–Trinajstić information content (AvgIpc) is 2.86. The van der Waals surface area contributed by atoms with E-state index in [2.05, 4.69) is 49.2 Å². The molecule has 0 radical (unpaired) electrons. The molecule has 1 aromatic heterocycles. The molecule has 0 spiro atoms. The quantitative estimate of drug-likeness (QED) is 0.875. The summed E-state index contributed by atoms with van der Waals surface area (Å²) in [5.74, 6) is 0.740. The van der Waals surface area contributed by atoms with Crippen molar-refractivity contribution in [3.8, 4) is 0 Å². The fourth-order valence-corrected chi connectivity index (χ4v) is 3.51. The third kappa shape index (κ3) is 4.07. The molecule has 1 aromatic rings. The topological polar surface area (TPSA) is 33.1 Å². The first kappa shape index (κ1) is 16.5. The van der Waals surface area contributed by atoms with E-state index in [0.717, 1.165) is 25.6 Å². The zero-order chi connectivity index (χ0) is 15.5. The zero-order valence-electron chi connectivity index (χ0n) is 14.4. The number of hydrogen-bond acceptors (Lipinski definition) is 3. The molecule has 0 saturated carbocycles. The van der Waals surface area contributed by atoms with Gasteiger partial charge in [0.1, 0.15) is 0 Å². The van der Waals surface area contributed by atoms with Crippen LogP contribution in [0.2, 0.25) is 0 Å². The summed E-state index contributed by atoms with van der Waals surface area (Å²) in [5.41, 5.74) is 1.62. The molecule has 1 aliphatic rings. The predicted molar refractivity (Wildman–Crippen MR) is 88.2 cm³/mol. The Morgan fingerprint density at radius 1 is 1.38 bits per heavy atom. The summed E-state index contributed by atoms with van der Waals surface area (Å²) < 4.78 is 1.90. The fraction of sp³-hybridized carbons (Fsp3) is 0.824. The standard InChI is InChI=1S/C17H32N4/c1-6-17(7-2)13-21(12-15-9-19-20(5)11-15)16(10-18-17)8-14(3)4/h9,11,14,16,18H,6-8,10,12-13H2,1-5H3. The van der Waals surface area contributed by atoms with Gasteiger partial charge in [0.05, 0.1) is 6.20 Å². The average molecular weight is 292 g/mol. The Morgan fingerprint density at radius 2 is 2.10 bits per heavy atom. The van der Waals surface area contributed by atoms with Crippen LogP contribution in [0.15, 0.2) is 12.4 Å². The van der Waals surface area contributed by atoms with Gasteiger partial charge < -0.3 is 5.32 Å². The van der Waals surface area contributed by atoms with Gasteiger partial charge >= 0.3 is 0 Å². The van der Waals surface area contributed by atoms with Crippen molar-refractivity contribution in [1.29, 1.82) is 0 Å². The van der Waals surface area contributed by atoms with Crippen LogP contribution < -0.4 is 5.32 Å². The van der Waals surface area contributed by atoms with Crippen LogP contribution >= 0.6 is 0 Å². The van der Waals surface area contributed by atoms with E-state index in [9.17, 15) is 0 Å². The minimum absolute atomic E-state index is 0.287. The molecule has 1 N–H and O–H groups in total. The lowest BCUT2D eigenvalue weighted by Gasteiger charge is -2.48. The highest BCUT2D eigenvalue weighted by atomic mass is 15.3. The Bertz CT molecular complexity index is 434. The van der Waals surface area contributed by atoms with E-state index in [1.165, 1.54) is 24.8 Å². The summed E-state index contributed by atoms with van der Waals surface area (Å²) in [5, 5.41) is 8.17. The van der Waals surface area contributed by atoms with Crippen LogP contribution in [0.25, 0.3) is 0 Å². The number of rotatable bonds is 6. The molecule has 1 atom stereocenters. The molecule has 1 fully saturated rings. The minimum Gasteiger partial charge on any atom is -0.308 e. The van der Waals surface area contributed by atoms with Gasteiger partial charge in [-0.05, 0) is 25.2 Å². The van der Waals surface area contributed by atoms with Crippen LogP contribution in [0.3, 0.4) is 0 Å². The number of piperazine rings is 1. The number of nitrogens with one attached hydrogen (secondary N) is 1. The number of hydrogen-bond donors (Lipinski definition) is 1. The van der Waals surface area contributed by atoms with Gasteiger partial charge in [-0.1, -0.05) is 27.7 Å². The summed E-state index contributed by atoms with van der Waals surface area (Å²) in [6.07, 6.45) is 7.81. The van der Waals surface area contributed by atoms with Crippen molar-refractivity contribution in [3.63, 3.8) is 0 Å². The number of aryl methyl sites for hydroxylation is 1. The molecule has 0 bridgehead atoms. The maximum atomic E-state index is 4.32. The van der Waals surface area contributed by atoms with Gasteiger partial charge in [0.15, 0.2) is 0 Å². The number of nitrogens with zero attached hydrogens (tertiary/aromatic N) is 3. The van der Waals surface area contributed by atoms with Crippen LogP contribution in [0.4, 0.5) is 0 Å². The molecule has 1 saturated heterocycles. The van der Waals surface area contributed by atoms with Crippen LogP contribution in [0, 0.1) is 5.92 Å². The van der Waals surface area contributed by atoms with Crippen molar-refractivity contribution in [1.82, 2.24) is 20.0 Å². The van der Waals surface area contributed by atoms with Gasteiger partial charge in [-0.25, -0.2) is 0 Å². The van der Waals surface area contributed by atoms with Gasteiger partial charge in [0, 0.05) is 50.0 Å². The molecule has 1 aliphatic heterocycles. The predicted octanol–water partition coefficient (Wildman–Crippen LogP) is 2.80. The van der Waals surface area contributed by atoms with Crippen molar-refractivity contribution in [2.24, 2.45) is 13.0 Å². The lowest BCUT2D eigenvalue weighted by atomic mass is 9.86. The van der Waals surface area contributed by atoms with Crippen molar-refractivity contribution >= 4 is 0 Å². The maximum absolute atomic E-state index is 4.32. The monoisotopic (exact) mass is 292 g/mol. The van der Waals surface area contributed by atoms with E-state index in [-0.39, 0.29) is 5.54 Å². The second-order valence-electron chi connectivity index (χ2n) is 7.08. The molecule has 0 aliphatic carbocycles. The third-order valence-electron chi connectivity index (χ3n) is 4.98. The molecule has 4 nitrogen and oxygen atoms in total. The number of aromatic nitrogens is 2. The molecular weight excluding hydrogens is 260 g/mol. The van der Waals surface area contributed by atoms with Crippen molar-refractivity contribution in [3.05, 3.63) is 18.0 Å². The first-order valence-electron chi connectivity index (χ1n) is 8.44. The SMILES string of the molecule is CCC1(CC)CN(Cc2cnn(C)c2)C(CC(C)C)CN1. The highest BCUT2D eigenvalue weighted by Crippen LogP contribution is 2.26. The van der Waals surface area contributed by atoms with Gasteiger partial charge in [-0.3, -0.25) is 9.58 Å². The van der Waals surface area contributed by atoms with E-state index >= 15 is 0 Å². The highest BCUT2D eigenvalue weighted by Gasteiger charge is 2.36. The van der Waals surface area contributed by atoms with E-state index in [4.69, 9.17) is 0 Å². The Labute approximate surface area is 129 Å². The second kappa shape index (κ2) is 6.93. The molecule has 1 unspecified atom stereocenters. The Kier molecular flexibility index (Phi) is 5.44. The molecule has 4 heteroatoms. The van der Waals surface area contributed by atoms with Gasteiger partial charge in [-0.2, -0.15) is 5.10 Å². The van der Waals surface area contributed by atoms with Crippen LogP contribution in [0.1, 0.15) is 52.5 Å². The van der Waals surface area contributed by atoms with E-state index in [1.54, 1.807) is 0 Å². The third-order valence-corrected chi connectivity index (χ3v) is 4.98. The molecule has 120 valence electrons. The van der Waals surface area contributed by atoms with Gasteiger partial charge in [-0.15, -0.1) is 0 Å². The summed E-state index contributed by atoms with van der Waals surface area (Å²) in [6.45, 7) is 12.5. The van der Waals surface area contributed by atoms with Crippen molar-refractivity contribution in [2.75, 3.05) is 13.1 Å².